The highest BCUT2D eigenvalue weighted by atomic mass is 32.1. The number of rotatable bonds is 12. The minimum atomic E-state index is -0.535. The van der Waals surface area contributed by atoms with Crippen LogP contribution in [0.5, 0.6) is 0 Å². The average molecular weight is 1410 g/mol. The topological polar surface area (TPSA) is 104 Å². The van der Waals surface area contributed by atoms with E-state index in [-0.39, 0.29) is 0 Å². The van der Waals surface area contributed by atoms with Crippen molar-refractivity contribution < 1.29 is 8.83 Å². The third-order valence-corrected chi connectivity index (χ3v) is 24.4. The van der Waals surface area contributed by atoms with Crippen molar-refractivity contribution in [1.29, 1.82) is 0 Å². The Morgan fingerprint density at radius 2 is 0.654 bits per heavy atom. The number of hydrogen-bond acceptors (Lipinski definition) is 10. The Morgan fingerprint density at radius 3 is 1.24 bits per heavy atom. The van der Waals surface area contributed by atoms with Crippen LogP contribution < -0.4 is 0 Å². The van der Waals surface area contributed by atoms with Crippen molar-refractivity contribution in [3.05, 3.63) is 349 Å². The lowest BCUT2D eigenvalue weighted by atomic mass is 9.73. The van der Waals surface area contributed by atoms with E-state index in [1.807, 2.05) is 83.3 Å². The first-order valence-electron chi connectivity index (χ1n) is 36.1. The smallest absolute Gasteiger partial charge is 0.164 e. The maximum Gasteiger partial charge on any atom is 0.164 e. The largest absolute Gasteiger partial charge is 0.456 e. The lowest BCUT2D eigenvalue weighted by Gasteiger charge is -2.29. The Hall–Kier alpha value is -13.1. The second-order valence-electron chi connectivity index (χ2n) is 28.4. The van der Waals surface area contributed by atoms with Crippen molar-refractivity contribution in [2.24, 2.45) is 0 Å². The monoisotopic (exact) mass is 1410 g/mol. The van der Waals surface area contributed by atoms with Gasteiger partial charge in [0.05, 0.1) is 0 Å². The summed E-state index contributed by atoms with van der Waals surface area (Å²) in [5, 5.41) is 4.25. The second kappa shape index (κ2) is 24.5. The molecule has 107 heavy (non-hydrogen) atoms. The van der Waals surface area contributed by atoms with Crippen LogP contribution in [0.3, 0.4) is 0 Å². The summed E-state index contributed by atoms with van der Waals surface area (Å²) in [4.78, 5) is 36.6. The van der Waals surface area contributed by atoms with Crippen molar-refractivity contribution in [3.63, 3.8) is 0 Å². The highest BCUT2D eigenvalue weighted by Crippen LogP contribution is 2.64. The second-order valence-corrected chi connectivity index (χ2v) is 30.5. The number of fused-ring (bicyclic) bond motifs is 12. The highest BCUT2D eigenvalue weighted by Gasteiger charge is 2.47. The molecule has 0 bridgehead atoms. The lowest BCUT2D eigenvalue weighted by Crippen LogP contribution is -2.22. The summed E-state index contributed by atoms with van der Waals surface area (Å²) in [6.07, 6.45) is 0. The van der Waals surface area contributed by atoms with Gasteiger partial charge in [-0.3, -0.25) is 0 Å². The molecule has 21 rings (SSSR count). The Bertz CT molecular complexity index is 6730. The molecular formula is C97H62N6O2S2. The van der Waals surface area contributed by atoms with Crippen LogP contribution in [0.2, 0.25) is 0 Å². The fraction of sp³-hybridized carbons (Fsp3) is 0.0515. The fourth-order valence-electron chi connectivity index (χ4n) is 16.8. The molecule has 1 atom stereocenters. The lowest BCUT2D eigenvalue weighted by molar-refractivity contribution is 0.664. The maximum atomic E-state index is 7.26. The summed E-state index contributed by atoms with van der Waals surface area (Å²) in [7, 11) is 0. The molecule has 0 aliphatic heterocycles. The minimum absolute atomic E-state index is 0.491. The summed E-state index contributed by atoms with van der Waals surface area (Å²) in [6.45, 7) is 7.15. The van der Waals surface area contributed by atoms with Crippen LogP contribution >= 0.6 is 22.7 Å². The molecule has 0 saturated carbocycles. The van der Waals surface area contributed by atoms with E-state index in [1.54, 1.807) is 0 Å². The van der Waals surface area contributed by atoms with Gasteiger partial charge in [-0.15, -0.1) is 22.7 Å². The highest BCUT2D eigenvalue weighted by molar-refractivity contribution is 7.20. The summed E-state index contributed by atoms with van der Waals surface area (Å²) in [6, 6.07) is 114. The molecule has 2 aliphatic carbocycles. The number of benzene rings is 13. The summed E-state index contributed by atoms with van der Waals surface area (Å²) in [5.74, 6) is 3.60. The quantitative estimate of drug-likeness (QED) is 0.119. The molecule has 0 radical (unpaired) electrons. The van der Waals surface area contributed by atoms with Crippen molar-refractivity contribution in [2.75, 3.05) is 0 Å². The van der Waals surface area contributed by atoms with E-state index >= 15 is 0 Å². The predicted molar refractivity (Wildman–Crippen MR) is 438 cm³/mol. The van der Waals surface area contributed by atoms with E-state index in [2.05, 4.69) is 282 Å². The predicted octanol–water partition coefficient (Wildman–Crippen LogP) is 26.0. The van der Waals surface area contributed by atoms with Gasteiger partial charge in [-0.25, -0.2) is 29.9 Å². The Morgan fingerprint density at radius 1 is 0.262 bits per heavy atom. The molecule has 2 aliphatic rings. The molecule has 504 valence electrons. The molecule has 0 amide bonds. The SMILES string of the molecule is CC1(C)c2cc(-c3nc(-c4ccccc4)nc(-c4ccccc4)n3)ccc2-c2c(-c3cccc4oc5c(-c6cccc(-c7nc(-c8ccccc8)nc(-c8ccc9c(c8)[C@@](C)(c8ccccc8)c8c(-c%10ccccc%10)sc(-c%10ccccc%10)c8-9)n7)c6)cccc5c34)sc(-c3cccc4oc5ccccc5c34)c21. The number of nitrogens with zero attached hydrogens (tertiary/aromatic N) is 6. The van der Waals surface area contributed by atoms with Gasteiger partial charge in [0.1, 0.15) is 22.3 Å². The number of thiophene rings is 2. The molecule has 0 N–H and O–H groups in total. The number of aromatic nitrogens is 6. The van der Waals surface area contributed by atoms with Gasteiger partial charge in [0.2, 0.25) is 0 Å². The van der Waals surface area contributed by atoms with E-state index in [0.29, 0.717) is 34.9 Å². The van der Waals surface area contributed by atoms with E-state index < -0.39 is 10.8 Å². The number of hydrogen-bond donors (Lipinski definition) is 0. The molecular weight excluding hydrogens is 1350 g/mol. The summed E-state index contributed by atoms with van der Waals surface area (Å²) < 4.78 is 13.9. The zero-order valence-electron chi connectivity index (χ0n) is 58.4. The van der Waals surface area contributed by atoms with Gasteiger partial charge in [-0.1, -0.05) is 299 Å². The van der Waals surface area contributed by atoms with E-state index in [4.69, 9.17) is 38.7 Å². The Balaban J connectivity index is 0.710. The van der Waals surface area contributed by atoms with E-state index in [9.17, 15) is 0 Å². The fourth-order valence-corrected chi connectivity index (χ4v) is 19.8. The summed E-state index contributed by atoms with van der Waals surface area (Å²) >= 11 is 3.74. The van der Waals surface area contributed by atoms with Crippen molar-refractivity contribution in [1.82, 2.24) is 29.9 Å². The van der Waals surface area contributed by atoms with Crippen LogP contribution in [0.15, 0.2) is 330 Å². The molecule has 6 aromatic heterocycles. The Kier molecular flexibility index (Phi) is 14.3. The molecule has 0 fully saturated rings. The minimum Gasteiger partial charge on any atom is -0.456 e. The van der Waals surface area contributed by atoms with Crippen molar-refractivity contribution >= 4 is 66.6 Å². The third kappa shape index (κ3) is 9.93. The first-order valence-corrected chi connectivity index (χ1v) is 37.8. The van der Waals surface area contributed by atoms with E-state index in [0.717, 1.165) is 104 Å². The molecule has 0 spiro atoms. The molecule has 6 heterocycles. The molecule has 13 aromatic carbocycles. The van der Waals surface area contributed by atoms with Crippen molar-refractivity contribution in [3.8, 4) is 143 Å². The number of furan rings is 2. The average Bonchev–Trinajstić information content (AvgIpc) is 1.53. The maximum absolute atomic E-state index is 7.26. The third-order valence-electron chi connectivity index (χ3n) is 21.9. The van der Waals surface area contributed by atoms with Crippen LogP contribution in [-0.2, 0) is 10.8 Å². The van der Waals surface area contributed by atoms with Crippen LogP contribution in [-0.4, -0.2) is 29.9 Å². The van der Waals surface area contributed by atoms with Crippen LogP contribution in [0.1, 0.15) is 48.6 Å². The first-order chi connectivity index (χ1) is 52.7. The molecule has 8 nitrogen and oxygen atoms in total. The van der Waals surface area contributed by atoms with Crippen LogP contribution in [0.25, 0.3) is 187 Å². The van der Waals surface area contributed by atoms with E-state index in [1.165, 1.54) is 75.8 Å². The van der Waals surface area contributed by atoms with Gasteiger partial charge in [0, 0.05) is 113 Å². The zero-order chi connectivity index (χ0) is 71.1. The standard InChI is InChI=1S/C97H62N6O2S2/c1-96(2)74-55-64(94-100-90(59-32-14-6-15-33-59)98-91(101-94)60-34-16-7-17-35-60)50-52-68(74)81-83(96)89(73-46-27-48-77-79(73)70-42-22-23-47-76(70)104-77)107-88(81)72-45-26-49-78-80(72)71-44-25-43-67(85(71)105-78)62-38-24-39-63(54-62)93-99-92(61-36-18-8-19-37-61)102-95(103-93)65-51-53-69-75(56-65)97(3,66-40-20-9-21-41-66)84-82(69)86(57-28-10-4-11-29-57)106-87(84)58-30-12-5-13-31-58/h4-56H,1-3H3/t97-/m1/s1. The van der Waals surface area contributed by atoms with Crippen LogP contribution in [0.4, 0.5) is 0 Å². The molecule has 0 unspecified atom stereocenters. The Labute approximate surface area is 625 Å². The molecule has 19 aromatic rings. The molecule has 10 heteroatoms. The number of para-hydroxylation sites is 2. The van der Waals surface area contributed by atoms with Gasteiger partial charge < -0.3 is 8.83 Å². The van der Waals surface area contributed by atoms with Gasteiger partial charge in [-0.2, -0.15) is 0 Å². The van der Waals surface area contributed by atoms with Crippen LogP contribution in [0, 0.1) is 0 Å². The van der Waals surface area contributed by atoms with Gasteiger partial charge in [0.25, 0.3) is 0 Å². The van der Waals surface area contributed by atoms with Crippen molar-refractivity contribution in [2.45, 2.75) is 31.6 Å². The van der Waals surface area contributed by atoms with Gasteiger partial charge in [0.15, 0.2) is 34.9 Å². The zero-order valence-corrected chi connectivity index (χ0v) is 60.0. The summed E-state index contributed by atoms with van der Waals surface area (Å²) in [5.41, 5.74) is 25.3. The first kappa shape index (κ1) is 62.4. The molecule has 0 saturated heterocycles. The van der Waals surface area contributed by atoms with Gasteiger partial charge in [-0.05, 0) is 99.0 Å². The normalized spacial score (nSPS) is 14.0. The van der Waals surface area contributed by atoms with Gasteiger partial charge >= 0.3 is 0 Å².